The van der Waals surface area contributed by atoms with E-state index in [1.807, 2.05) is 0 Å². The second-order valence-electron chi connectivity index (χ2n) is 9.95. The predicted octanol–water partition coefficient (Wildman–Crippen LogP) is 7.38. The fraction of sp³-hybridized carbons (Fsp3) is 0.926. The molecule has 0 spiro atoms. The highest BCUT2D eigenvalue weighted by Gasteiger charge is 2.37. The summed E-state index contributed by atoms with van der Waals surface area (Å²) in [5.74, 6) is -0.218. The van der Waals surface area contributed by atoms with Gasteiger partial charge in [-0.1, -0.05) is 103 Å². The lowest BCUT2D eigenvalue weighted by Crippen LogP contribution is -2.35. The number of carbonyl (C=O) groups is 2. The molecule has 2 rings (SSSR count). The van der Waals surface area contributed by atoms with Crippen LogP contribution in [0.5, 0.6) is 0 Å². The lowest BCUT2D eigenvalue weighted by atomic mass is 9.79. The Kier molecular flexibility index (Phi) is 14.0. The highest BCUT2D eigenvalue weighted by atomic mass is 16.5. The van der Waals surface area contributed by atoms with Crippen molar-refractivity contribution in [3.8, 4) is 0 Å². The molecule has 0 saturated heterocycles. The quantitative estimate of drug-likeness (QED) is 0.198. The average Bonchev–Trinajstić information content (AvgIpc) is 2.80. The first kappa shape index (κ1) is 26.2. The Balaban J connectivity index is 1.58. The third-order valence-corrected chi connectivity index (χ3v) is 7.36. The summed E-state index contributed by atoms with van der Waals surface area (Å²) in [6.45, 7) is 3.26. The largest absolute Gasteiger partial charge is 0.465 e. The first-order chi connectivity index (χ1) is 15.2. The van der Waals surface area contributed by atoms with Crippen molar-refractivity contribution in [3.63, 3.8) is 0 Å². The molecule has 2 aliphatic carbocycles. The molecule has 2 saturated carbocycles. The van der Waals surface area contributed by atoms with E-state index in [0.717, 1.165) is 44.9 Å². The SMILES string of the molecule is CCCCCCCCCCCOC(=O)C1CCCCC1C(=O)OCCC1CCCCC1. The minimum atomic E-state index is -0.297. The Bertz CT molecular complexity index is 484. The summed E-state index contributed by atoms with van der Waals surface area (Å²) < 4.78 is 11.2. The van der Waals surface area contributed by atoms with Crippen LogP contribution in [0.25, 0.3) is 0 Å². The van der Waals surface area contributed by atoms with Crippen LogP contribution < -0.4 is 0 Å². The molecule has 2 fully saturated rings. The predicted molar refractivity (Wildman–Crippen MR) is 126 cm³/mol. The molecule has 4 nitrogen and oxygen atoms in total. The molecule has 2 atom stereocenters. The number of hydrogen-bond acceptors (Lipinski definition) is 4. The number of hydrogen-bond donors (Lipinski definition) is 0. The van der Waals surface area contributed by atoms with Gasteiger partial charge in [0.15, 0.2) is 0 Å². The standard InChI is InChI=1S/C27H48O4/c1-2-3-4-5-6-7-8-9-15-21-30-26(28)24-18-13-14-19-25(24)27(29)31-22-20-23-16-11-10-12-17-23/h23-25H,2-22H2,1H3. The van der Waals surface area contributed by atoms with Crippen LogP contribution in [-0.2, 0) is 19.1 Å². The number of carbonyl (C=O) groups excluding carboxylic acids is 2. The fourth-order valence-electron chi connectivity index (χ4n) is 5.30. The van der Waals surface area contributed by atoms with Gasteiger partial charge in [-0.3, -0.25) is 9.59 Å². The maximum atomic E-state index is 12.7. The third-order valence-electron chi connectivity index (χ3n) is 7.36. The topological polar surface area (TPSA) is 52.6 Å². The third kappa shape index (κ3) is 10.9. The Morgan fingerprint density at radius 2 is 1.10 bits per heavy atom. The van der Waals surface area contributed by atoms with E-state index >= 15 is 0 Å². The summed E-state index contributed by atoms with van der Waals surface area (Å²) in [4.78, 5) is 25.3. The zero-order valence-corrected chi connectivity index (χ0v) is 20.2. The van der Waals surface area contributed by atoms with Gasteiger partial charge in [-0.15, -0.1) is 0 Å². The lowest BCUT2D eigenvalue weighted by Gasteiger charge is -2.28. The molecule has 0 aromatic rings. The summed E-state index contributed by atoms with van der Waals surface area (Å²) in [7, 11) is 0. The van der Waals surface area contributed by atoms with Crippen LogP contribution in [0.1, 0.15) is 129 Å². The maximum absolute atomic E-state index is 12.7. The van der Waals surface area contributed by atoms with Crippen molar-refractivity contribution in [2.75, 3.05) is 13.2 Å². The average molecular weight is 437 g/mol. The minimum absolute atomic E-state index is 0.166. The van der Waals surface area contributed by atoms with E-state index in [9.17, 15) is 9.59 Å². The number of ether oxygens (including phenoxy) is 2. The van der Waals surface area contributed by atoms with E-state index in [1.165, 1.54) is 77.0 Å². The zero-order chi connectivity index (χ0) is 22.2. The van der Waals surface area contributed by atoms with Crippen LogP contribution in [0, 0.1) is 17.8 Å². The molecule has 180 valence electrons. The van der Waals surface area contributed by atoms with Crippen molar-refractivity contribution in [1.82, 2.24) is 0 Å². The normalized spacial score (nSPS) is 22.2. The van der Waals surface area contributed by atoms with Crippen LogP contribution >= 0.6 is 0 Å². The van der Waals surface area contributed by atoms with Crippen LogP contribution in [0.4, 0.5) is 0 Å². The summed E-state index contributed by atoms with van der Waals surface area (Å²) in [6.07, 6.45) is 22.3. The Morgan fingerprint density at radius 3 is 1.68 bits per heavy atom. The van der Waals surface area contributed by atoms with E-state index in [1.54, 1.807) is 0 Å². The number of unbranched alkanes of at least 4 members (excludes halogenated alkanes) is 8. The van der Waals surface area contributed by atoms with Gasteiger partial charge in [0.25, 0.3) is 0 Å². The van der Waals surface area contributed by atoms with Crippen LogP contribution in [0.15, 0.2) is 0 Å². The Hall–Kier alpha value is -1.06. The van der Waals surface area contributed by atoms with Crippen molar-refractivity contribution < 1.29 is 19.1 Å². The van der Waals surface area contributed by atoms with Crippen molar-refractivity contribution in [1.29, 1.82) is 0 Å². The molecule has 31 heavy (non-hydrogen) atoms. The van der Waals surface area contributed by atoms with Crippen LogP contribution in [0.2, 0.25) is 0 Å². The number of esters is 2. The van der Waals surface area contributed by atoms with E-state index in [0.29, 0.717) is 19.1 Å². The molecule has 2 aliphatic rings. The van der Waals surface area contributed by atoms with Gasteiger partial charge in [-0.25, -0.2) is 0 Å². The smallest absolute Gasteiger partial charge is 0.309 e. The second kappa shape index (κ2) is 16.6. The molecule has 0 aliphatic heterocycles. The number of rotatable bonds is 15. The van der Waals surface area contributed by atoms with E-state index in [2.05, 4.69) is 6.92 Å². The summed E-state index contributed by atoms with van der Waals surface area (Å²) >= 11 is 0. The van der Waals surface area contributed by atoms with Gasteiger partial charge in [0.1, 0.15) is 0 Å². The van der Waals surface area contributed by atoms with Gasteiger partial charge >= 0.3 is 11.9 Å². The Labute approximate surface area is 191 Å². The van der Waals surface area contributed by atoms with Gasteiger partial charge in [0, 0.05) is 0 Å². The van der Waals surface area contributed by atoms with Gasteiger partial charge in [-0.05, 0) is 31.6 Å². The molecule has 0 aromatic carbocycles. The van der Waals surface area contributed by atoms with E-state index in [-0.39, 0.29) is 23.8 Å². The molecular weight excluding hydrogens is 388 g/mol. The molecule has 0 aromatic heterocycles. The highest BCUT2D eigenvalue weighted by Crippen LogP contribution is 2.32. The molecule has 4 heteroatoms. The highest BCUT2D eigenvalue weighted by molar-refractivity contribution is 5.82. The second-order valence-corrected chi connectivity index (χ2v) is 9.95. The monoisotopic (exact) mass is 436 g/mol. The van der Waals surface area contributed by atoms with Gasteiger partial charge in [0.05, 0.1) is 25.0 Å². The fourth-order valence-corrected chi connectivity index (χ4v) is 5.30. The molecule has 2 unspecified atom stereocenters. The maximum Gasteiger partial charge on any atom is 0.309 e. The van der Waals surface area contributed by atoms with Gasteiger partial charge < -0.3 is 9.47 Å². The first-order valence-electron chi connectivity index (χ1n) is 13.6. The molecular formula is C27H48O4. The summed E-state index contributed by atoms with van der Waals surface area (Å²) in [5.41, 5.74) is 0. The summed E-state index contributed by atoms with van der Waals surface area (Å²) in [5, 5.41) is 0. The van der Waals surface area contributed by atoms with Crippen LogP contribution in [0.3, 0.4) is 0 Å². The molecule has 0 amide bonds. The Morgan fingerprint density at radius 1 is 0.613 bits per heavy atom. The molecule has 0 bridgehead atoms. The van der Waals surface area contributed by atoms with Gasteiger partial charge in [0.2, 0.25) is 0 Å². The minimum Gasteiger partial charge on any atom is -0.465 e. The van der Waals surface area contributed by atoms with Crippen molar-refractivity contribution >= 4 is 11.9 Å². The summed E-state index contributed by atoms with van der Waals surface area (Å²) in [6, 6.07) is 0. The van der Waals surface area contributed by atoms with Crippen molar-refractivity contribution in [3.05, 3.63) is 0 Å². The lowest BCUT2D eigenvalue weighted by molar-refractivity contribution is -0.163. The van der Waals surface area contributed by atoms with Crippen molar-refractivity contribution in [2.45, 2.75) is 129 Å². The molecule has 0 N–H and O–H groups in total. The first-order valence-corrected chi connectivity index (χ1v) is 13.6. The van der Waals surface area contributed by atoms with E-state index < -0.39 is 0 Å². The van der Waals surface area contributed by atoms with Crippen molar-refractivity contribution in [2.24, 2.45) is 17.8 Å². The zero-order valence-electron chi connectivity index (χ0n) is 20.2. The molecule has 0 heterocycles. The van der Waals surface area contributed by atoms with Crippen LogP contribution in [-0.4, -0.2) is 25.2 Å². The molecule has 0 radical (unpaired) electrons. The van der Waals surface area contributed by atoms with E-state index in [4.69, 9.17) is 9.47 Å². The van der Waals surface area contributed by atoms with Gasteiger partial charge in [-0.2, -0.15) is 0 Å².